The van der Waals surface area contributed by atoms with Gasteiger partial charge in [0, 0.05) is 0 Å². The number of anilines is 1. The van der Waals surface area contributed by atoms with E-state index in [0.29, 0.717) is 30.6 Å². The van der Waals surface area contributed by atoms with Crippen LogP contribution in [-0.2, 0) is 12.6 Å². The van der Waals surface area contributed by atoms with E-state index in [1.54, 1.807) is 0 Å². The van der Waals surface area contributed by atoms with Crippen molar-refractivity contribution >= 4 is 11.8 Å². The number of benzene rings is 1. The summed E-state index contributed by atoms with van der Waals surface area (Å²) in [6.45, 7) is 2.62. The fourth-order valence-corrected chi connectivity index (χ4v) is 2.53. The van der Waals surface area contributed by atoms with Crippen LogP contribution in [0.25, 0.3) is 0 Å². The van der Waals surface area contributed by atoms with Gasteiger partial charge in [-0.3, -0.25) is 10.2 Å². The number of hydrogen-bond donors (Lipinski definition) is 2. The van der Waals surface area contributed by atoms with Gasteiger partial charge in [-0.1, -0.05) is 6.92 Å². The van der Waals surface area contributed by atoms with Gasteiger partial charge in [-0.2, -0.15) is 13.2 Å². The molecule has 0 aromatic heterocycles. The summed E-state index contributed by atoms with van der Waals surface area (Å²) in [6, 6.07) is 3.21. The molecule has 0 saturated carbocycles. The van der Waals surface area contributed by atoms with Gasteiger partial charge < -0.3 is 5.11 Å². The van der Waals surface area contributed by atoms with Crippen molar-refractivity contribution in [2.75, 3.05) is 11.4 Å². The molecule has 0 spiro atoms. The first-order valence-electron chi connectivity index (χ1n) is 6.80. The van der Waals surface area contributed by atoms with Crippen molar-refractivity contribution in [3.8, 4) is 0 Å². The standard InChI is InChI=1S/C14H17F3N2O2/c1-2-7-18-12-6-3-9-8-10(14(15,16)17)4-5-11(9)19(12)13(20)21/h4-5,8,12,18H,2-3,6-7H2,1H3,(H,20,21). The van der Waals surface area contributed by atoms with Gasteiger partial charge in [0.2, 0.25) is 0 Å². The quantitative estimate of drug-likeness (QED) is 0.899. The molecular weight excluding hydrogens is 285 g/mol. The summed E-state index contributed by atoms with van der Waals surface area (Å²) >= 11 is 0. The highest BCUT2D eigenvalue weighted by molar-refractivity contribution is 5.88. The van der Waals surface area contributed by atoms with Gasteiger partial charge in [-0.15, -0.1) is 0 Å². The maximum atomic E-state index is 12.7. The summed E-state index contributed by atoms with van der Waals surface area (Å²) < 4.78 is 38.1. The summed E-state index contributed by atoms with van der Waals surface area (Å²) in [5, 5.41) is 12.5. The number of amides is 1. The lowest BCUT2D eigenvalue weighted by molar-refractivity contribution is -0.137. The number of nitrogens with zero attached hydrogens (tertiary/aromatic N) is 1. The minimum Gasteiger partial charge on any atom is -0.465 e. The van der Waals surface area contributed by atoms with Crippen LogP contribution >= 0.6 is 0 Å². The van der Waals surface area contributed by atoms with Crippen molar-refractivity contribution in [2.45, 2.75) is 38.5 Å². The van der Waals surface area contributed by atoms with E-state index in [1.807, 2.05) is 6.92 Å². The second-order valence-corrected chi connectivity index (χ2v) is 5.00. The molecule has 0 saturated heterocycles. The number of nitrogens with one attached hydrogen (secondary N) is 1. The Morgan fingerprint density at radius 2 is 2.19 bits per heavy atom. The van der Waals surface area contributed by atoms with Crippen LogP contribution in [0.3, 0.4) is 0 Å². The number of halogens is 3. The molecule has 2 N–H and O–H groups in total. The van der Waals surface area contributed by atoms with E-state index < -0.39 is 24.0 Å². The highest BCUT2D eigenvalue weighted by Crippen LogP contribution is 2.36. The van der Waals surface area contributed by atoms with Crippen LogP contribution in [0.15, 0.2) is 18.2 Å². The smallest absolute Gasteiger partial charge is 0.416 e. The molecular formula is C14H17F3N2O2. The zero-order valence-electron chi connectivity index (χ0n) is 11.6. The Hall–Kier alpha value is -1.76. The van der Waals surface area contributed by atoms with Crippen LogP contribution in [0.1, 0.15) is 30.9 Å². The number of aryl methyl sites for hydroxylation is 1. The molecule has 21 heavy (non-hydrogen) atoms. The molecule has 1 unspecified atom stereocenters. The fraction of sp³-hybridized carbons (Fsp3) is 0.500. The van der Waals surface area contributed by atoms with Crippen molar-refractivity contribution in [3.05, 3.63) is 29.3 Å². The molecule has 0 fully saturated rings. The number of carboxylic acid groups (broad SMARTS) is 1. The molecule has 7 heteroatoms. The largest absolute Gasteiger partial charge is 0.465 e. The average molecular weight is 302 g/mol. The van der Waals surface area contributed by atoms with E-state index in [4.69, 9.17) is 0 Å². The van der Waals surface area contributed by atoms with Crippen LogP contribution < -0.4 is 10.2 Å². The second kappa shape index (κ2) is 5.93. The number of hydrogen-bond acceptors (Lipinski definition) is 2. The Morgan fingerprint density at radius 3 is 2.76 bits per heavy atom. The second-order valence-electron chi connectivity index (χ2n) is 5.00. The Morgan fingerprint density at radius 1 is 1.48 bits per heavy atom. The normalized spacial score (nSPS) is 18.5. The van der Waals surface area contributed by atoms with Gasteiger partial charge in [-0.05, 0) is 49.6 Å². The first kappa shape index (κ1) is 15.6. The van der Waals surface area contributed by atoms with Gasteiger partial charge in [0.15, 0.2) is 0 Å². The van der Waals surface area contributed by atoms with Crippen LogP contribution in [0, 0.1) is 0 Å². The average Bonchev–Trinajstić information content (AvgIpc) is 2.42. The molecule has 116 valence electrons. The molecule has 4 nitrogen and oxygen atoms in total. The fourth-order valence-electron chi connectivity index (χ4n) is 2.53. The van der Waals surface area contributed by atoms with Crippen LogP contribution in [-0.4, -0.2) is 23.9 Å². The van der Waals surface area contributed by atoms with Crippen molar-refractivity contribution in [2.24, 2.45) is 0 Å². The van der Waals surface area contributed by atoms with Gasteiger partial charge in [-0.25, -0.2) is 4.79 Å². The molecule has 1 heterocycles. The molecule has 0 bridgehead atoms. The number of fused-ring (bicyclic) bond motifs is 1. The van der Waals surface area contributed by atoms with E-state index in [1.165, 1.54) is 6.07 Å². The van der Waals surface area contributed by atoms with Crippen molar-refractivity contribution in [1.82, 2.24) is 5.32 Å². The van der Waals surface area contributed by atoms with Crippen molar-refractivity contribution in [3.63, 3.8) is 0 Å². The van der Waals surface area contributed by atoms with Gasteiger partial charge in [0.1, 0.15) is 0 Å². The number of alkyl halides is 3. The Labute approximate surface area is 120 Å². The topological polar surface area (TPSA) is 52.6 Å². The summed E-state index contributed by atoms with van der Waals surface area (Å²) in [4.78, 5) is 12.6. The van der Waals surface area contributed by atoms with Crippen LogP contribution in [0.4, 0.5) is 23.7 Å². The maximum Gasteiger partial charge on any atom is 0.416 e. The third kappa shape index (κ3) is 3.29. The zero-order chi connectivity index (χ0) is 15.6. The third-order valence-corrected chi connectivity index (χ3v) is 3.50. The van der Waals surface area contributed by atoms with Crippen LogP contribution in [0.5, 0.6) is 0 Å². The SMILES string of the molecule is CCCNC1CCc2cc(C(F)(F)F)ccc2N1C(=O)O. The highest BCUT2D eigenvalue weighted by Gasteiger charge is 2.35. The minimum absolute atomic E-state index is 0.329. The lowest BCUT2D eigenvalue weighted by atomic mass is 9.97. The zero-order valence-corrected chi connectivity index (χ0v) is 11.6. The number of carbonyl (C=O) groups is 1. The monoisotopic (exact) mass is 302 g/mol. The third-order valence-electron chi connectivity index (χ3n) is 3.50. The summed E-state index contributed by atoms with van der Waals surface area (Å²) in [7, 11) is 0. The predicted molar refractivity (Wildman–Crippen MR) is 72.4 cm³/mol. The van der Waals surface area contributed by atoms with Crippen molar-refractivity contribution < 1.29 is 23.1 Å². The lowest BCUT2D eigenvalue weighted by Gasteiger charge is -2.36. The van der Waals surface area contributed by atoms with E-state index in [0.717, 1.165) is 23.5 Å². The first-order valence-corrected chi connectivity index (χ1v) is 6.80. The molecule has 0 radical (unpaired) electrons. The van der Waals surface area contributed by atoms with Gasteiger partial charge >= 0.3 is 12.3 Å². The highest BCUT2D eigenvalue weighted by atomic mass is 19.4. The maximum absolute atomic E-state index is 12.7. The Kier molecular flexibility index (Phi) is 4.41. The molecule has 2 rings (SSSR count). The Bertz CT molecular complexity index is 531. The molecule has 1 aliphatic heterocycles. The molecule has 0 aliphatic carbocycles. The molecule has 1 aliphatic rings. The number of rotatable bonds is 3. The lowest BCUT2D eigenvalue weighted by Crippen LogP contribution is -2.51. The van der Waals surface area contributed by atoms with E-state index in [9.17, 15) is 23.1 Å². The van der Waals surface area contributed by atoms with E-state index in [2.05, 4.69) is 5.32 Å². The first-order chi connectivity index (χ1) is 9.84. The summed E-state index contributed by atoms with van der Waals surface area (Å²) in [5.41, 5.74) is 0.00341. The molecule has 1 aromatic rings. The molecule has 1 atom stereocenters. The van der Waals surface area contributed by atoms with E-state index >= 15 is 0 Å². The predicted octanol–water partition coefficient (Wildman–Crippen LogP) is 3.46. The Balaban J connectivity index is 2.35. The van der Waals surface area contributed by atoms with E-state index in [-0.39, 0.29) is 0 Å². The van der Waals surface area contributed by atoms with Gasteiger partial charge in [0.05, 0.1) is 17.4 Å². The van der Waals surface area contributed by atoms with Crippen molar-refractivity contribution in [1.29, 1.82) is 0 Å². The molecule has 1 amide bonds. The molecule has 1 aromatic carbocycles. The van der Waals surface area contributed by atoms with Gasteiger partial charge in [0.25, 0.3) is 0 Å². The summed E-state index contributed by atoms with van der Waals surface area (Å²) in [6.07, 6.45) is -4.24. The van der Waals surface area contributed by atoms with Crippen LogP contribution in [0.2, 0.25) is 0 Å². The minimum atomic E-state index is -4.42. The summed E-state index contributed by atoms with van der Waals surface area (Å²) in [5.74, 6) is 0.